The van der Waals surface area contributed by atoms with Crippen molar-refractivity contribution in [2.45, 2.75) is 46.6 Å². The van der Waals surface area contributed by atoms with Crippen molar-refractivity contribution in [2.24, 2.45) is 10.9 Å². The quantitative estimate of drug-likeness (QED) is 0.309. The standard InChI is InChI=1S/C20H32N6.HI/c1-4-19-25-24-16-26(19)15-14-23-20(21-12-10-17(2)3)22-13-11-18-8-6-5-7-9-18;/h5-9,16-17H,4,10-15H2,1-3H3,(H2,21,22,23);1H. The summed E-state index contributed by atoms with van der Waals surface area (Å²) in [7, 11) is 0. The first-order valence-corrected chi connectivity index (χ1v) is 9.61. The SMILES string of the molecule is CCc1nncn1CCNC(=NCCC(C)C)NCCc1ccccc1.I. The average Bonchev–Trinajstić information content (AvgIpc) is 3.09. The van der Waals surface area contributed by atoms with E-state index in [0.717, 1.165) is 57.2 Å². The second-order valence-electron chi connectivity index (χ2n) is 6.80. The Morgan fingerprint density at radius 3 is 2.59 bits per heavy atom. The lowest BCUT2D eigenvalue weighted by Gasteiger charge is -2.14. The lowest BCUT2D eigenvalue weighted by atomic mass is 10.1. The van der Waals surface area contributed by atoms with Crippen molar-refractivity contribution < 1.29 is 0 Å². The zero-order valence-corrected chi connectivity index (χ0v) is 19.0. The zero-order valence-electron chi connectivity index (χ0n) is 16.7. The largest absolute Gasteiger partial charge is 0.356 e. The molecule has 0 spiro atoms. The summed E-state index contributed by atoms with van der Waals surface area (Å²) >= 11 is 0. The molecular weight excluding hydrogens is 451 g/mol. The minimum absolute atomic E-state index is 0. The van der Waals surface area contributed by atoms with Crippen molar-refractivity contribution in [3.8, 4) is 0 Å². The van der Waals surface area contributed by atoms with E-state index in [9.17, 15) is 0 Å². The van der Waals surface area contributed by atoms with E-state index in [2.05, 4.69) is 70.4 Å². The molecule has 1 aromatic carbocycles. The molecule has 0 unspecified atom stereocenters. The number of aliphatic imine (C=N–C) groups is 1. The lowest BCUT2D eigenvalue weighted by Crippen LogP contribution is -2.40. The molecule has 6 nitrogen and oxygen atoms in total. The van der Waals surface area contributed by atoms with Gasteiger partial charge in [0.1, 0.15) is 12.2 Å². The maximum Gasteiger partial charge on any atom is 0.191 e. The Balaban J connectivity index is 0.00000364. The van der Waals surface area contributed by atoms with E-state index in [4.69, 9.17) is 4.99 Å². The lowest BCUT2D eigenvalue weighted by molar-refractivity contribution is 0.591. The Hall–Kier alpha value is -1.64. The van der Waals surface area contributed by atoms with Crippen molar-refractivity contribution in [3.63, 3.8) is 0 Å². The predicted octanol–water partition coefficient (Wildman–Crippen LogP) is 3.28. The molecule has 0 aliphatic rings. The molecule has 0 atom stereocenters. The molecule has 0 bridgehead atoms. The minimum atomic E-state index is 0. The van der Waals surface area contributed by atoms with Crippen LogP contribution in [-0.4, -0.2) is 40.4 Å². The number of aryl methyl sites for hydroxylation is 1. The number of aromatic nitrogens is 3. The van der Waals surface area contributed by atoms with E-state index in [1.807, 2.05) is 6.07 Å². The molecule has 2 N–H and O–H groups in total. The smallest absolute Gasteiger partial charge is 0.191 e. The Bertz CT molecular complexity index is 654. The highest BCUT2D eigenvalue weighted by atomic mass is 127. The normalized spacial score (nSPS) is 11.3. The van der Waals surface area contributed by atoms with Gasteiger partial charge in [0.05, 0.1) is 0 Å². The number of rotatable bonds is 10. The number of benzene rings is 1. The van der Waals surface area contributed by atoms with Crippen molar-refractivity contribution in [2.75, 3.05) is 19.6 Å². The van der Waals surface area contributed by atoms with E-state index in [-0.39, 0.29) is 24.0 Å². The van der Waals surface area contributed by atoms with Crippen LogP contribution in [-0.2, 0) is 19.4 Å². The summed E-state index contributed by atoms with van der Waals surface area (Å²) in [6.45, 7) is 9.88. The number of hydrogen-bond donors (Lipinski definition) is 2. The third kappa shape index (κ3) is 9.21. The first-order chi connectivity index (χ1) is 12.7. The van der Waals surface area contributed by atoms with Gasteiger partial charge in [-0.3, -0.25) is 4.99 Å². The van der Waals surface area contributed by atoms with E-state index in [1.165, 1.54) is 5.56 Å². The van der Waals surface area contributed by atoms with Gasteiger partial charge in [0.15, 0.2) is 5.96 Å². The molecule has 7 heteroatoms. The number of hydrogen-bond acceptors (Lipinski definition) is 3. The van der Waals surface area contributed by atoms with Crippen LogP contribution in [0.4, 0.5) is 0 Å². The maximum absolute atomic E-state index is 4.71. The summed E-state index contributed by atoms with van der Waals surface area (Å²) in [6, 6.07) is 10.5. The van der Waals surface area contributed by atoms with Crippen LogP contribution in [0.1, 0.15) is 38.6 Å². The maximum atomic E-state index is 4.71. The average molecular weight is 484 g/mol. The fourth-order valence-electron chi connectivity index (χ4n) is 2.61. The summed E-state index contributed by atoms with van der Waals surface area (Å²) < 4.78 is 2.09. The van der Waals surface area contributed by atoms with Gasteiger partial charge in [0, 0.05) is 32.6 Å². The topological polar surface area (TPSA) is 67.1 Å². The molecule has 2 aromatic rings. The number of halogens is 1. The van der Waals surface area contributed by atoms with Gasteiger partial charge in [-0.1, -0.05) is 51.1 Å². The molecule has 0 aliphatic heterocycles. The number of guanidine groups is 1. The highest BCUT2D eigenvalue weighted by molar-refractivity contribution is 14.0. The van der Waals surface area contributed by atoms with Crippen molar-refractivity contribution in [1.29, 1.82) is 0 Å². The predicted molar refractivity (Wildman–Crippen MR) is 123 cm³/mol. The van der Waals surface area contributed by atoms with Gasteiger partial charge in [-0.15, -0.1) is 34.2 Å². The van der Waals surface area contributed by atoms with Crippen LogP contribution in [0, 0.1) is 5.92 Å². The first-order valence-electron chi connectivity index (χ1n) is 9.61. The number of nitrogens with zero attached hydrogens (tertiary/aromatic N) is 4. The molecule has 150 valence electrons. The van der Waals surface area contributed by atoms with Crippen LogP contribution < -0.4 is 10.6 Å². The summed E-state index contributed by atoms with van der Waals surface area (Å²) in [4.78, 5) is 4.71. The summed E-state index contributed by atoms with van der Waals surface area (Å²) in [5.74, 6) is 2.56. The Labute approximate surface area is 180 Å². The Morgan fingerprint density at radius 2 is 1.89 bits per heavy atom. The van der Waals surface area contributed by atoms with Crippen LogP contribution in [0.25, 0.3) is 0 Å². The van der Waals surface area contributed by atoms with Crippen molar-refractivity contribution in [1.82, 2.24) is 25.4 Å². The summed E-state index contributed by atoms with van der Waals surface area (Å²) in [6.07, 6.45) is 4.76. The minimum Gasteiger partial charge on any atom is -0.356 e. The van der Waals surface area contributed by atoms with Crippen LogP contribution >= 0.6 is 24.0 Å². The summed E-state index contributed by atoms with van der Waals surface area (Å²) in [5.41, 5.74) is 1.33. The van der Waals surface area contributed by atoms with Gasteiger partial charge in [-0.05, 0) is 24.3 Å². The highest BCUT2D eigenvalue weighted by Crippen LogP contribution is 2.00. The molecule has 0 fully saturated rings. The molecule has 0 aliphatic carbocycles. The summed E-state index contributed by atoms with van der Waals surface area (Å²) in [5, 5.41) is 15.0. The molecule has 1 heterocycles. The Kier molecular flexibility index (Phi) is 11.7. The molecule has 1 aromatic heterocycles. The van der Waals surface area contributed by atoms with Crippen LogP contribution in [0.15, 0.2) is 41.7 Å². The highest BCUT2D eigenvalue weighted by Gasteiger charge is 2.03. The first kappa shape index (κ1) is 23.4. The fraction of sp³-hybridized carbons (Fsp3) is 0.550. The Morgan fingerprint density at radius 1 is 1.15 bits per heavy atom. The van der Waals surface area contributed by atoms with E-state index in [0.29, 0.717) is 5.92 Å². The monoisotopic (exact) mass is 484 g/mol. The van der Waals surface area contributed by atoms with Crippen LogP contribution in [0.3, 0.4) is 0 Å². The molecule has 0 radical (unpaired) electrons. The van der Waals surface area contributed by atoms with Crippen LogP contribution in [0.5, 0.6) is 0 Å². The second kappa shape index (κ2) is 13.5. The zero-order chi connectivity index (χ0) is 18.6. The number of nitrogens with one attached hydrogen (secondary N) is 2. The molecule has 0 amide bonds. The molecule has 0 saturated heterocycles. The fourth-order valence-corrected chi connectivity index (χ4v) is 2.61. The third-order valence-electron chi connectivity index (χ3n) is 4.18. The van der Waals surface area contributed by atoms with Crippen LogP contribution in [0.2, 0.25) is 0 Å². The van der Waals surface area contributed by atoms with E-state index in [1.54, 1.807) is 6.33 Å². The second-order valence-corrected chi connectivity index (χ2v) is 6.80. The van der Waals surface area contributed by atoms with Gasteiger partial charge in [0.2, 0.25) is 0 Å². The molecule has 27 heavy (non-hydrogen) atoms. The molecule has 2 rings (SSSR count). The van der Waals surface area contributed by atoms with Gasteiger partial charge in [-0.2, -0.15) is 0 Å². The van der Waals surface area contributed by atoms with Gasteiger partial charge in [-0.25, -0.2) is 0 Å². The molecule has 0 saturated carbocycles. The van der Waals surface area contributed by atoms with E-state index < -0.39 is 0 Å². The molecular formula is C20H33IN6. The van der Waals surface area contributed by atoms with Gasteiger partial charge >= 0.3 is 0 Å². The van der Waals surface area contributed by atoms with E-state index >= 15 is 0 Å². The van der Waals surface area contributed by atoms with Gasteiger partial charge < -0.3 is 15.2 Å². The van der Waals surface area contributed by atoms with Crippen molar-refractivity contribution >= 4 is 29.9 Å². The third-order valence-corrected chi connectivity index (χ3v) is 4.18. The van der Waals surface area contributed by atoms with Crippen molar-refractivity contribution in [3.05, 3.63) is 48.0 Å². The van der Waals surface area contributed by atoms with Gasteiger partial charge in [0.25, 0.3) is 0 Å².